The zero-order chi connectivity index (χ0) is 97.4. The number of rotatable bonds is 22. The van der Waals surface area contributed by atoms with Crippen molar-refractivity contribution in [1.82, 2.24) is 24.4 Å². The van der Waals surface area contributed by atoms with E-state index in [4.69, 9.17) is 22.8 Å². The summed E-state index contributed by atoms with van der Waals surface area (Å²) >= 11 is 1.67. The van der Waals surface area contributed by atoms with Crippen LogP contribution in [-0.2, 0) is 47.5 Å². The smallest absolute Gasteiger partial charge is 0.242 e. The number of anilines is 1. The van der Waals surface area contributed by atoms with Gasteiger partial charge in [-0.15, -0.1) is 11.3 Å². The average Bonchev–Trinajstić information content (AvgIpc) is 1.61. The highest BCUT2D eigenvalue weighted by Crippen LogP contribution is 2.32. The van der Waals surface area contributed by atoms with Crippen molar-refractivity contribution >= 4 is 50.8 Å². The van der Waals surface area contributed by atoms with Crippen LogP contribution in [0, 0.1) is 27.7 Å². The normalized spacial score (nSPS) is 12.5. The number of oxazole rings is 1. The molecule has 13 rings (SSSR count). The lowest BCUT2D eigenvalue weighted by Gasteiger charge is -2.20. The Bertz CT molecular complexity index is 5260. The number of aliphatic imine (C=N–C) groups is 2. The number of benzene rings is 7. The Kier molecular flexibility index (Phi) is 48.5. The number of ketones is 1. The number of aryl methyl sites for hydroxylation is 4. The van der Waals surface area contributed by atoms with Gasteiger partial charge in [0, 0.05) is 80.4 Å². The van der Waals surface area contributed by atoms with Gasteiger partial charge in [-0.2, -0.15) is 4.98 Å². The average molecular weight is 1810 g/mol. The van der Waals surface area contributed by atoms with Gasteiger partial charge in [0.05, 0.1) is 41.8 Å². The number of Topliss-reactive ketones (excluding diaryl/α,β-unsaturated/α-hetero) is 1. The summed E-state index contributed by atoms with van der Waals surface area (Å²) in [5, 5.41) is 7.13. The lowest BCUT2D eigenvalue weighted by atomic mass is 9.94. The van der Waals surface area contributed by atoms with E-state index >= 15 is 0 Å². The number of furan rings is 1. The second-order valence-electron chi connectivity index (χ2n) is 38.0. The van der Waals surface area contributed by atoms with Crippen LogP contribution in [0.4, 0.5) is 5.69 Å². The Hall–Kier alpha value is -9.89. The minimum absolute atomic E-state index is 0.0696. The first kappa shape index (κ1) is 112. The van der Waals surface area contributed by atoms with Gasteiger partial charge in [-0.25, -0.2) is 27.7 Å². The summed E-state index contributed by atoms with van der Waals surface area (Å²) in [5.74, 6) is 10.7. The number of hydrogen-bond donors (Lipinski definition) is 0. The SMILES string of the molecule is CC(=O)Cc1cccc(C(C)C)c1.CC(C)OCc1ccc(C(C)C)cc1.CC(C)c1ccc(C2=NC=NC2)cc1.CC(C)c1ccc(S(=O)(=O)N(C)C)cc1.CC(C)c1ncc(C(C)(C)C)o1.COC(C)c1nc(C(C)C)cs1.Cc1ccc(-c2noc(C(C)C)n2)cc1.Cc1ccc(C(C)C)cc1N1CCCC1=O.Cc1ccc(C(C)C)o1.Cc1cccc(C(C)C)c1. The molecule has 4 aromatic heterocycles. The summed E-state index contributed by atoms with van der Waals surface area (Å²) in [7, 11) is 1.49. The number of aromatic nitrogens is 4. The van der Waals surface area contributed by atoms with Crippen LogP contribution in [0.2, 0.25) is 0 Å². The lowest BCUT2D eigenvalue weighted by Crippen LogP contribution is -2.24. The second-order valence-corrected chi connectivity index (χ2v) is 41.0. The maximum Gasteiger partial charge on any atom is 0.242 e. The number of hydrogen-bond acceptors (Lipinski definition) is 16. The molecule has 1 atom stereocenters. The topological polar surface area (TPSA) is 209 Å². The summed E-state index contributed by atoms with van der Waals surface area (Å²) in [6.45, 7) is 67.5. The number of methoxy groups -OCH3 is 1. The van der Waals surface area contributed by atoms with E-state index in [1.807, 2.05) is 99.5 Å². The molecule has 2 aliphatic rings. The number of nitrogens with zero attached hydrogens (tertiary/aromatic N) is 8. The first-order valence-electron chi connectivity index (χ1n) is 46.4. The lowest BCUT2D eigenvalue weighted by molar-refractivity contribution is -0.117. The van der Waals surface area contributed by atoms with Crippen molar-refractivity contribution < 1.29 is 40.8 Å². The van der Waals surface area contributed by atoms with Crippen LogP contribution in [0.25, 0.3) is 11.4 Å². The summed E-state index contributed by atoms with van der Waals surface area (Å²) in [4.78, 5) is 46.2. The van der Waals surface area contributed by atoms with E-state index in [0.29, 0.717) is 88.8 Å². The van der Waals surface area contributed by atoms with E-state index in [1.165, 1.54) is 79.7 Å². The molecule has 0 radical (unpaired) electrons. The van der Waals surface area contributed by atoms with Crippen molar-refractivity contribution in [2.45, 2.75) is 322 Å². The molecule has 1 amide bonds. The van der Waals surface area contributed by atoms with Gasteiger partial charge in [-0.1, -0.05) is 321 Å². The minimum atomic E-state index is -3.29. The molecule has 0 aliphatic carbocycles. The third kappa shape index (κ3) is 40.1. The monoisotopic (exact) mass is 1810 g/mol. The van der Waals surface area contributed by atoms with E-state index in [2.05, 4.69) is 319 Å². The number of thiazole rings is 1. The highest BCUT2D eigenvalue weighted by atomic mass is 32.2. The van der Waals surface area contributed by atoms with Gasteiger partial charge >= 0.3 is 0 Å². The molecule has 0 N–H and O–H groups in total. The highest BCUT2D eigenvalue weighted by Gasteiger charge is 2.25. The molecule has 1 saturated heterocycles. The zero-order valence-corrected chi connectivity index (χ0v) is 86.8. The van der Waals surface area contributed by atoms with Crippen molar-refractivity contribution in [2.75, 3.05) is 39.2 Å². The molecule has 1 unspecified atom stereocenters. The predicted octanol–water partition coefficient (Wildman–Crippen LogP) is 29.7. The molecule has 708 valence electrons. The van der Waals surface area contributed by atoms with Crippen LogP contribution in [0.3, 0.4) is 0 Å². The standard InChI is InChI=1S/C14H19NO.C13H20O.C12H14N2O.C12H14N2.C12H16O.C11H17NO2S.C10H17NO.C10H14.C9H15NOS.C8H12O/c1-10(2)12-7-6-11(3)13(9-12)15-8-4-5-14(15)16;1-10(2)13-7-5-12(6-8-13)9-14-11(3)4;1-8(2)12-13-11(14-15-12)10-6-4-9(3)5-7-10;1-9(2)10-3-5-11(6-4-10)12-7-13-8-14-12;1-9(2)12-6-4-5-11(8-12)7-10(3)13;1-9(2)10-5-7-11(8-6-10)15(13,14)12(3)4;1-7(2)9-11-6-8(12-9)10(3,4)5;1-8(2)10-6-4-5-9(3)7-10;1-6(2)8-5-12-9(10-8)7(3)11-4;1-6(2)8-5-4-7(3)9-8/h6-7,9-10H,4-5,8H2,1-3H3;5-8,10-11H,9H2,1-4H3;4-8H,1-3H3;3-6,8-9H,7H2,1-2H3;4-6,8-9H,7H2,1-3H3;5-9H,1-4H3;6-7H,1-5H3;4-8H,1-3H3;5-7H,1-4H3;4-6H,1-3H3. The Balaban J connectivity index is 0.000000303. The highest BCUT2D eigenvalue weighted by molar-refractivity contribution is 7.89. The van der Waals surface area contributed by atoms with Crippen LogP contribution in [-0.4, -0.2) is 97.0 Å². The minimum Gasteiger partial charge on any atom is -0.466 e. The van der Waals surface area contributed by atoms with E-state index < -0.39 is 10.0 Å². The molecule has 19 heteroatoms. The van der Waals surface area contributed by atoms with Gasteiger partial charge in [-0.3, -0.25) is 14.6 Å². The summed E-state index contributed by atoms with van der Waals surface area (Å²) in [6, 6.07) is 59.8. The number of carbonyl (C=O) groups excluding carboxylic acids is 2. The number of carbonyl (C=O) groups is 2. The van der Waals surface area contributed by atoms with Gasteiger partial charge in [0.15, 0.2) is 5.89 Å². The largest absolute Gasteiger partial charge is 0.466 e. The van der Waals surface area contributed by atoms with Crippen LogP contribution < -0.4 is 4.90 Å². The molecule has 0 bridgehead atoms. The van der Waals surface area contributed by atoms with Crippen molar-refractivity contribution in [3.8, 4) is 11.4 Å². The second kappa shape index (κ2) is 56.1. The van der Waals surface area contributed by atoms with Gasteiger partial charge in [0.2, 0.25) is 27.6 Å². The molecule has 6 heterocycles. The summed E-state index contributed by atoms with van der Waals surface area (Å²) in [6.07, 6.45) is 6.14. The molecule has 1 fully saturated rings. The molecule has 17 nitrogen and oxygen atoms in total. The van der Waals surface area contributed by atoms with E-state index in [-0.39, 0.29) is 29.1 Å². The molecule has 11 aromatic rings. The van der Waals surface area contributed by atoms with Gasteiger partial charge in [-0.05, 0) is 189 Å². The first-order valence-corrected chi connectivity index (χ1v) is 48.7. The molecule has 130 heavy (non-hydrogen) atoms. The van der Waals surface area contributed by atoms with Crippen molar-refractivity contribution in [2.24, 2.45) is 9.98 Å². The number of sulfonamides is 1. The van der Waals surface area contributed by atoms with E-state index in [0.717, 1.165) is 82.4 Å². The fourth-order valence-electron chi connectivity index (χ4n) is 12.4. The third-order valence-corrected chi connectivity index (χ3v) is 24.1. The Labute approximate surface area is 787 Å². The summed E-state index contributed by atoms with van der Waals surface area (Å²) < 4.78 is 51.5. The molecule has 7 aromatic carbocycles. The maximum absolute atomic E-state index is 11.7. The van der Waals surface area contributed by atoms with E-state index in [1.54, 1.807) is 43.8 Å². The van der Waals surface area contributed by atoms with Gasteiger partial charge in [0.25, 0.3) is 0 Å². The van der Waals surface area contributed by atoms with Gasteiger partial charge < -0.3 is 27.7 Å². The maximum atomic E-state index is 11.7. The van der Waals surface area contributed by atoms with Crippen LogP contribution in [0.1, 0.15) is 372 Å². The third-order valence-electron chi connectivity index (χ3n) is 21.2. The number of ether oxygens (including phenoxy) is 2. The first-order chi connectivity index (χ1) is 61.0. The predicted molar refractivity (Wildman–Crippen MR) is 546 cm³/mol. The Morgan fingerprint density at radius 1 is 0.546 bits per heavy atom. The van der Waals surface area contributed by atoms with Gasteiger partial charge in [0.1, 0.15) is 40.5 Å². The van der Waals surface area contributed by atoms with Crippen molar-refractivity contribution in [1.29, 1.82) is 0 Å². The quantitative estimate of drug-likeness (QED) is 0.0619. The fourth-order valence-corrected chi connectivity index (χ4v) is 14.3. The summed E-state index contributed by atoms with van der Waals surface area (Å²) in [5.41, 5.74) is 19.7. The zero-order valence-electron chi connectivity index (χ0n) is 85.2. The van der Waals surface area contributed by atoms with E-state index in [9.17, 15) is 18.0 Å². The molecular weight excluding hydrogens is 1650 g/mol. The molecular formula is C111H158N8O9S2. The molecule has 0 saturated carbocycles. The van der Waals surface area contributed by atoms with Crippen LogP contribution >= 0.6 is 11.3 Å². The van der Waals surface area contributed by atoms with Crippen LogP contribution in [0.15, 0.2) is 216 Å². The number of amides is 1. The molecule has 0 spiro atoms. The Morgan fingerprint density at radius 2 is 1.07 bits per heavy atom. The van der Waals surface area contributed by atoms with Crippen molar-refractivity contribution in [3.05, 3.63) is 294 Å². The Morgan fingerprint density at radius 3 is 1.48 bits per heavy atom. The van der Waals surface area contributed by atoms with Crippen molar-refractivity contribution in [3.63, 3.8) is 0 Å². The molecule has 2 aliphatic heterocycles. The van der Waals surface area contributed by atoms with Crippen LogP contribution in [0.5, 0.6) is 0 Å². The fraction of sp³-hybridized carbons (Fsp3) is 0.477.